The summed E-state index contributed by atoms with van der Waals surface area (Å²) in [6.07, 6.45) is 0. The predicted molar refractivity (Wildman–Crippen MR) is 209 cm³/mol. The van der Waals surface area contributed by atoms with Crippen LogP contribution in [-0.4, -0.2) is 18.3 Å². The summed E-state index contributed by atoms with van der Waals surface area (Å²) in [5.41, 5.74) is 6.31. The van der Waals surface area contributed by atoms with E-state index >= 15 is 0 Å². The van der Waals surface area contributed by atoms with Crippen LogP contribution in [0.5, 0.6) is 11.5 Å². The number of phenols is 2. The number of phenolic OH excluding ortho intramolecular Hbond substituents is 2. The molecule has 0 atom stereocenters. The molecule has 0 fully saturated rings. The summed E-state index contributed by atoms with van der Waals surface area (Å²) in [4.78, 5) is 0. The fourth-order valence-corrected chi connectivity index (χ4v) is 10.8. The molecule has 1 aliphatic rings. The normalized spacial score (nSPS) is 13.5. The number of hydrogen-bond donors (Lipinski definition) is 2. The monoisotopic (exact) mass is 656 g/mol. The third-order valence-corrected chi connectivity index (χ3v) is 13.8. The van der Waals surface area contributed by atoms with Gasteiger partial charge in [-0.2, -0.15) is 0 Å². The van der Waals surface area contributed by atoms with E-state index in [1.165, 1.54) is 5.19 Å². The summed E-state index contributed by atoms with van der Waals surface area (Å²) in [5.74, 6) is 15.2. The maximum absolute atomic E-state index is 10.0. The van der Waals surface area contributed by atoms with Crippen molar-refractivity contribution >= 4 is 46.0 Å². The topological polar surface area (TPSA) is 40.5 Å². The molecule has 0 saturated carbocycles. The second-order valence-corrected chi connectivity index (χ2v) is 16.5. The zero-order valence-electron chi connectivity index (χ0n) is 27.5. The minimum atomic E-state index is -2.80. The van der Waals surface area contributed by atoms with E-state index in [-0.39, 0.29) is 11.5 Å². The number of aromatic hydroxyl groups is 2. The Hall–Kier alpha value is -6.52. The van der Waals surface area contributed by atoms with Gasteiger partial charge in [-0.3, -0.25) is 0 Å². The van der Waals surface area contributed by atoms with Crippen LogP contribution in [0, 0.1) is 23.7 Å². The molecule has 0 amide bonds. The third kappa shape index (κ3) is 5.67. The maximum atomic E-state index is 10.0. The number of rotatable bonds is 3. The molecule has 3 heteroatoms. The van der Waals surface area contributed by atoms with Crippen molar-refractivity contribution in [3.8, 4) is 35.2 Å². The molecule has 8 rings (SSSR count). The number of allylic oxidation sites excluding steroid dienone is 4. The van der Waals surface area contributed by atoms with Gasteiger partial charge in [0.25, 0.3) is 0 Å². The molecule has 0 aromatic heterocycles. The van der Waals surface area contributed by atoms with Crippen molar-refractivity contribution in [2.45, 2.75) is 6.55 Å². The van der Waals surface area contributed by atoms with Gasteiger partial charge in [0.1, 0.15) is 11.5 Å². The van der Waals surface area contributed by atoms with Gasteiger partial charge in [0.15, 0.2) is 8.07 Å². The summed E-state index contributed by atoms with van der Waals surface area (Å²) in [6.45, 7) is 2.39. The molecular formula is C47H32O2Si. The molecule has 236 valence electrons. The smallest absolute Gasteiger partial charge is 0.167 e. The first-order valence-corrected chi connectivity index (χ1v) is 19.1. The van der Waals surface area contributed by atoms with E-state index in [0.717, 1.165) is 65.3 Å². The lowest BCUT2D eigenvalue weighted by Crippen LogP contribution is -2.47. The van der Waals surface area contributed by atoms with E-state index in [2.05, 4.69) is 133 Å². The van der Waals surface area contributed by atoms with E-state index in [0.29, 0.717) is 0 Å². The average Bonchev–Trinajstić information content (AvgIpc) is 3.42. The Morgan fingerprint density at radius 2 is 0.780 bits per heavy atom. The lowest BCUT2D eigenvalue weighted by atomic mass is 9.91. The fourth-order valence-electron chi connectivity index (χ4n) is 6.99. The summed E-state index contributed by atoms with van der Waals surface area (Å²) in [6, 6.07) is 55.1. The molecule has 0 unspecified atom stereocenters. The van der Waals surface area contributed by atoms with Crippen molar-refractivity contribution in [2.75, 3.05) is 0 Å². The van der Waals surface area contributed by atoms with Crippen molar-refractivity contribution in [1.29, 1.82) is 0 Å². The lowest BCUT2D eigenvalue weighted by Gasteiger charge is -2.25. The Kier molecular flexibility index (Phi) is 7.90. The first-order chi connectivity index (χ1) is 24.5. The Labute approximate surface area is 293 Å². The molecule has 2 nitrogen and oxygen atoms in total. The summed E-state index contributed by atoms with van der Waals surface area (Å²) in [7, 11) is -2.80. The van der Waals surface area contributed by atoms with Crippen molar-refractivity contribution < 1.29 is 10.2 Å². The minimum absolute atomic E-state index is 0.251. The van der Waals surface area contributed by atoms with Gasteiger partial charge in [-0.15, -0.1) is 0 Å². The zero-order chi connectivity index (χ0) is 34.1. The van der Waals surface area contributed by atoms with Crippen LogP contribution in [0.4, 0.5) is 0 Å². The number of hydrogen-bond acceptors (Lipinski definition) is 2. The van der Waals surface area contributed by atoms with Crippen molar-refractivity contribution in [2.24, 2.45) is 0 Å². The average molecular weight is 657 g/mol. The second-order valence-electron chi connectivity index (χ2n) is 12.7. The first kappa shape index (κ1) is 30.8. The minimum Gasteiger partial charge on any atom is -0.508 e. The van der Waals surface area contributed by atoms with E-state index in [4.69, 9.17) is 0 Å². The van der Waals surface area contributed by atoms with E-state index in [1.54, 1.807) is 24.3 Å². The second kappa shape index (κ2) is 12.8. The maximum Gasteiger partial charge on any atom is 0.167 e. The molecule has 7 aromatic carbocycles. The quantitative estimate of drug-likeness (QED) is 0.147. The first-order valence-electron chi connectivity index (χ1n) is 16.6. The Bertz CT molecular complexity index is 2450. The number of fused-ring (bicyclic) bond motifs is 2. The SMILES string of the molecule is C[Si]1(c2ccccc2)C(C#Cc2ccc3cc(O)ccc3c2)=C(c2ccccc2)C(c2ccccc2)=C1C#Cc1ccc2cc(O)ccc2c1. The van der Waals surface area contributed by atoms with Gasteiger partial charge in [0.2, 0.25) is 0 Å². The van der Waals surface area contributed by atoms with Gasteiger partial charge < -0.3 is 10.2 Å². The Morgan fingerprint density at radius 1 is 0.400 bits per heavy atom. The van der Waals surface area contributed by atoms with E-state index in [1.807, 2.05) is 36.4 Å². The van der Waals surface area contributed by atoms with Gasteiger partial charge in [0, 0.05) is 21.5 Å². The molecule has 1 aliphatic heterocycles. The predicted octanol–water partition coefficient (Wildman–Crippen LogP) is 9.79. The fraction of sp³-hybridized carbons (Fsp3) is 0.0213. The van der Waals surface area contributed by atoms with Crippen LogP contribution < -0.4 is 5.19 Å². The van der Waals surface area contributed by atoms with Crippen LogP contribution in [-0.2, 0) is 0 Å². The molecule has 7 aromatic rings. The van der Waals surface area contributed by atoms with Crippen LogP contribution >= 0.6 is 0 Å². The molecule has 0 radical (unpaired) electrons. The molecule has 0 aliphatic carbocycles. The van der Waals surface area contributed by atoms with Gasteiger partial charge in [-0.1, -0.05) is 145 Å². The van der Waals surface area contributed by atoms with Gasteiger partial charge in [-0.05, 0) is 97.5 Å². The van der Waals surface area contributed by atoms with Crippen LogP contribution in [0.3, 0.4) is 0 Å². The van der Waals surface area contributed by atoms with Crippen LogP contribution in [0.2, 0.25) is 6.55 Å². The molecule has 50 heavy (non-hydrogen) atoms. The highest BCUT2D eigenvalue weighted by Crippen LogP contribution is 2.48. The molecule has 0 spiro atoms. The highest BCUT2D eigenvalue weighted by molar-refractivity contribution is 7.06. The summed E-state index contributed by atoms with van der Waals surface area (Å²) in [5, 5.41) is 27.5. The van der Waals surface area contributed by atoms with Crippen LogP contribution in [0.25, 0.3) is 32.7 Å². The third-order valence-electron chi connectivity index (χ3n) is 9.54. The van der Waals surface area contributed by atoms with Crippen molar-refractivity contribution in [1.82, 2.24) is 0 Å². The van der Waals surface area contributed by atoms with Gasteiger partial charge in [0.05, 0.1) is 0 Å². The van der Waals surface area contributed by atoms with Crippen LogP contribution in [0.15, 0.2) is 174 Å². The summed E-state index contributed by atoms with van der Waals surface area (Å²) >= 11 is 0. The Morgan fingerprint density at radius 3 is 1.22 bits per heavy atom. The standard InChI is InChI=1S/C47H32O2Si/c1-50(43-15-9-4-10-16-43)44(27-19-33-17-21-39-31-41(48)25-23-37(39)29-33)46(35-11-5-2-6-12-35)47(36-13-7-3-8-14-36)45(50)28-20-34-18-22-40-32-42(49)26-24-38(40)30-34/h2-18,21-26,29-32,48-49H,1H3. The number of benzene rings is 7. The Balaban J connectivity index is 1.40. The molecular weight excluding hydrogens is 625 g/mol. The van der Waals surface area contributed by atoms with Gasteiger partial charge >= 0.3 is 0 Å². The summed E-state index contributed by atoms with van der Waals surface area (Å²) < 4.78 is 0. The molecule has 1 heterocycles. The van der Waals surface area contributed by atoms with Crippen molar-refractivity contribution in [3.63, 3.8) is 0 Å². The van der Waals surface area contributed by atoms with E-state index in [9.17, 15) is 10.2 Å². The highest BCUT2D eigenvalue weighted by Gasteiger charge is 2.46. The van der Waals surface area contributed by atoms with Crippen molar-refractivity contribution in [3.05, 3.63) is 196 Å². The molecule has 2 N–H and O–H groups in total. The largest absolute Gasteiger partial charge is 0.508 e. The zero-order valence-corrected chi connectivity index (χ0v) is 28.5. The highest BCUT2D eigenvalue weighted by atomic mass is 28.3. The lowest BCUT2D eigenvalue weighted by molar-refractivity contribution is 0.475. The van der Waals surface area contributed by atoms with E-state index < -0.39 is 8.07 Å². The molecule has 0 saturated heterocycles. The van der Waals surface area contributed by atoms with Gasteiger partial charge in [-0.25, -0.2) is 0 Å². The molecule has 0 bridgehead atoms. The van der Waals surface area contributed by atoms with Crippen LogP contribution in [0.1, 0.15) is 22.3 Å².